The van der Waals surface area contributed by atoms with Crippen LogP contribution in [0.15, 0.2) is 18.3 Å². The summed E-state index contributed by atoms with van der Waals surface area (Å²) >= 11 is 0. The van der Waals surface area contributed by atoms with Gasteiger partial charge in [0, 0.05) is 38.2 Å². The lowest BCUT2D eigenvalue weighted by Gasteiger charge is -2.32. The molecule has 1 saturated heterocycles. The van der Waals surface area contributed by atoms with E-state index in [4.69, 9.17) is 9.84 Å². The Kier molecular flexibility index (Phi) is 5.53. The summed E-state index contributed by atoms with van der Waals surface area (Å²) in [5.41, 5.74) is 0.494. The van der Waals surface area contributed by atoms with Gasteiger partial charge < -0.3 is 20.1 Å². The number of hydrogen-bond acceptors (Lipinski definition) is 4. The molecule has 1 fully saturated rings. The molecular formula is C15H19F2N3O4. The lowest BCUT2D eigenvalue weighted by Crippen LogP contribution is -2.48. The number of nitrogens with zero attached hydrogens (tertiary/aromatic N) is 2. The zero-order valence-electron chi connectivity index (χ0n) is 13.2. The Morgan fingerprint density at radius 1 is 1.42 bits per heavy atom. The molecule has 0 spiro atoms. The van der Waals surface area contributed by atoms with Gasteiger partial charge >= 0.3 is 12.0 Å². The first-order chi connectivity index (χ1) is 11.3. The Labute approximate surface area is 137 Å². The molecule has 1 atom stereocenters. The van der Waals surface area contributed by atoms with Crippen LogP contribution in [0.4, 0.5) is 13.6 Å². The number of hydrogen-bond donors (Lipinski definition) is 2. The zero-order chi connectivity index (χ0) is 17.7. The van der Waals surface area contributed by atoms with Crippen molar-refractivity contribution in [3.8, 4) is 5.88 Å². The average Bonchev–Trinajstić information content (AvgIpc) is 2.53. The van der Waals surface area contributed by atoms with Gasteiger partial charge in [-0.15, -0.1) is 0 Å². The number of carboxylic acid groups (broad SMARTS) is 1. The summed E-state index contributed by atoms with van der Waals surface area (Å²) < 4.78 is 31.2. The van der Waals surface area contributed by atoms with E-state index in [1.54, 1.807) is 12.1 Å². The number of piperidine rings is 1. The second-order valence-electron chi connectivity index (χ2n) is 5.58. The van der Waals surface area contributed by atoms with Crippen molar-refractivity contribution in [2.45, 2.75) is 31.2 Å². The highest BCUT2D eigenvalue weighted by atomic mass is 19.3. The van der Waals surface area contributed by atoms with Crippen molar-refractivity contribution in [1.29, 1.82) is 0 Å². The van der Waals surface area contributed by atoms with E-state index in [2.05, 4.69) is 10.3 Å². The third-order valence-corrected chi connectivity index (χ3v) is 3.83. The van der Waals surface area contributed by atoms with E-state index in [-0.39, 0.29) is 19.5 Å². The summed E-state index contributed by atoms with van der Waals surface area (Å²) in [4.78, 5) is 28.5. The van der Waals surface area contributed by atoms with Gasteiger partial charge in [0.25, 0.3) is 5.92 Å². The number of nitrogens with one attached hydrogen (secondary N) is 1. The normalized spacial score (nSPS) is 17.9. The SMILES string of the molecule is COc1ccc(C(CC(=O)O)NC(=O)N2CCC(F)(F)CC2)cn1. The topological polar surface area (TPSA) is 91.8 Å². The molecule has 2 amide bonds. The summed E-state index contributed by atoms with van der Waals surface area (Å²) in [7, 11) is 1.45. The second-order valence-corrected chi connectivity index (χ2v) is 5.58. The van der Waals surface area contributed by atoms with Crippen molar-refractivity contribution in [3.63, 3.8) is 0 Å². The quantitative estimate of drug-likeness (QED) is 0.854. The van der Waals surface area contributed by atoms with Crippen LogP contribution in [0.25, 0.3) is 0 Å². The number of aliphatic carboxylic acids is 1. The zero-order valence-corrected chi connectivity index (χ0v) is 13.2. The molecule has 2 heterocycles. The Morgan fingerprint density at radius 3 is 2.58 bits per heavy atom. The number of rotatable bonds is 5. The van der Waals surface area contributed by atoms with Gasteiger partial charge in [-0.05, 0) is 5.56 Å². The number of carbonyl (C=O) groups excluding carboxylic acids is 1. The number of methoxy groups -OCH3 is 1. The number of urea groups is 1. The van der Waals surface area contributed by atoms with Crippen LogP contribution in [0.5, 0.6) is 5.88 Å². The van der Waals surface area contributed by atoms with Crippen molar-refractivity contribution < 1.29 is 28.2 Å². The first kappa shape index (κ1) is 17.9. The summed E-state index contributed by atoms with van der Waals surface area (Å²) in [6.45, 7) is -0.140. The molecule has 2 rings (SSSR count). The molecule has 24 heavy (non-hydrogen) atoms. The van der Waals surface area contributed by atoms with E-state index in [0.717, 1.165) is 0 Å². The van der Waals surface area contributed by atoms with Crippen LogP contribution in [0, 0.1) is 0 Å². The number of ether oxygens (including phenoxy) is 1. The van der Waals surface area contributed by atoms with Crippen molar-refractivity contribution in [3.05, 3.63) is 23.9 Å². The Morgan fingerprint density at radius 2 is 2.08 bits per heavy atom. The van der Waals surface area contributed by atoms with E-state index in [9.17, 15) is 18.4 Å². The Bertz CT molecular complexity index is 585. The number of alkyl halides is 2. The minimum atomic E-state index is -2.75. The average molecular weight is 343 g/mol. The van der Waals surface area contributed by atoms with E-state index in [1.165, 1.54) is 18.2 Å². The molecule has 0 aliphatic carbocycles. The minimum Gasteiger partial charge on any atom is -0.481 e. The Hall–Kier alpha value is -2.45. The van der Waals surface area contributed by atoms with Gasteiger partial charge in [0.15, 0.2) is 0 Å². The number of halogens is 2. The highest BCUT2D eigenvalue weighted by Gasteiger charge is 2.36. The smallest absolute Gasteiger partial charge is 0.317 e. The van der Waals surface area contributed by atoms with Gasteiger partial charge in [-0.3, -0.25) is 4.79 Å². The van der Waals surface area contributed by atoms with Gasteiger partial charge in [-0.1, -0.05) is 6.07 Å². The fourth-order valence-corrected chi connectivity index (χ4v) is 2.42. The van der Waals surface area contributed by atoms with Crippen LogP contribution in [0.1, 0.15) is 30.9 Å². The fraction of sp³-hybridized carbons (Fsp3) is 0.533. The molecule has 0 bridgehead atoms. The number of aromatic nitrogens is 1. The monoisotopic (exact) mass is 343 g/mol. The molecule has 1 unspecified atom stereocenters. The van der Waals surface area contributed by atoms with Crippen LogP contribution < -0.4 is 10.1 Å². The third kappa shape index (κ3) is 4.77. The molecule has 0 aromatic carbocycles. The lowest BCUT2D eigenvalue weighted by atomic mass is 10.1. The van der Waals surface area contributed by atoms with Gasteiger partial charge in [-0.2, -0.15) is 0 Å². The minimum absolute atomic E-state index is 0.0700. The van der Waals surface area contributed by atoms with E-state index < -0.39 is 36.8 Å². The molecule has 1 aliphatic rings. The number of carboxylic acids is 1. The predicted molar refractivity (Wildman–Crippen MR) is 80.1 cm³/mol. The predicted octanol–water partition coefficient (Wildman–Crippen LogP) is 2.05. The molecule has 0 radical (unpaired) electrons. The highest BCUT2D eigenvalue weighted by molar-refractivity contribution is 5.76. The van der Waals surface area contributed by atoms with Crippen molar-refractivity contribution in [1.82, 2.24) is 15.2 Å². The van der Waals surface area contributed by atoms with E-state index in [0.29, 0.717) is 11.4 Å². The van der Waals surface area contributed by atoms with Gasteiger partial charge in [-0.25, -0.2) is 18.6 Å². The number of amides is 2. The van der Waals surface area contributed by atoms with Crippen molar-refractivity contribution >= 4 is 12.0 Å². The molecule has 7 nitrogen and oxygen atoms in total. The largest absolute Gasteiger partial charge is 0.481 e. The molecule has 0 saturated carbocycles. The summed E-state index contributed by atoms with van der Waals surface area (Å²) in [6.07, 6.45) is 0.281. The maximum atomic E-state index is 13.2. The maximum absolute atomic E-state index is 13.2. The number of carbonyl (C=O) groups is 2. The highest BCUT2D eigenvalue weighted by Crippen LogP contribution is 2.28. The molecule has 2 N–H and O–H groups in total. The summed E-state index contributed by atoms with van der Waals surface area (Å²) in [6, 6.07) is 1.78. The fourth-order valence-electron chi connectivity index (χ4n) is 2.42. The van der Waals surface area contributed by atoms with Crippen LogP contribution in [-0.2, 0) is 4.79 Å². The number of pyridine rings is 1. The van der Waals surface area contributed by atoms with Crippen molar-refractivity contribution in [2.24, 2.45) is 0 Å². The number of likely N-dealkylation sites (tertiary alicyclic amines) is 1. The van der Waals surface area contributed by atoms with Gasteiger partial charge in [0.2, 0.25) is 5.88 Å². The Balaban J connectivity index is 2.05. The van der Waals surface area contributed by atoms with E-state index >= 15 is 0 Å². The first-order valence-corrected chi connectivity index (χ1v) is 7.46. The third-order valence-electron chi connectivity index (χ3n) is 3.83. The second kappa shape index (κ2) is 7.41. The van der Waals surface area contributed by atoms with Gasteiger partial charge in [0.1, 0.15) is 0 Å². The van der Waals surface area contributed by atoms with Crippen LogP contribution in [0.2, 0.25) is 0 Å². The standard InChI is InChI=1S/C15H19F2N3O4/c1-24-12-3-2-10(9-18-12)11(8-13(21)22)19-14(23)20-6-4-15(16,17)5-7-20/h2-3,9,11H,4-8H2,1H3,(H,19,23)(H,21,22). The molecular weight excluding hydrogens is 324 g/mol. The van der Waals surface area contributed by atoms with Crippen molar-refractivity contribution in [2.75, 3.05) is 20.2 Å². The van der Waals surface area contributed by atoms with Gasteiger partial charge in [0.05, 0.1) is 19.6 Å². The van der Waals surface area contributed by atoms with E-state index in [1.807, 2.05) is 0 Å². The molecule has 132 valence electrons. The van der Waals surface area contributed by atoms with Crippen LogP contribution in [0.3, 0.4) is 0 Å². The summed E-state index contributed by atoms with van der Waals surface area (Å²) in [5.74, 6) is -3.49. The first-order valence-electron chi connectivity index (χ1n) is 7.46. The molecule has 9 heteroatoms. The molecule has 1 aromatic heterocycles. The lowest BCUT2D eigenvalue weighted by molar-refractivity contribution is -0.137. The maximum Gasteiger partial charge on any atom is 0.317 e. The molecule has 1 aromatic rings. The summed E-state index contributed by atoms with van der Waals surface area (Å²) in [5, 5.41) is 11.6. The van der Waals surface area contributed by atoms with Crippen LogP contribution >= 0.6 is 0 Å². The van der Waals surface area contributed by atoms with Crippen LogP contribution in [-0.4, -0.2) is 53.1 Å². The molecule has 1 aliphatic heterocycles.